The van der Waals surface area contributed by atoms with E-state index >= 15 is 0 Å². The molecule has 1 atom stereocenters. The summed E-state index contributed by atoms with van der Waals surface area (Å²) in [6, 6.07) is 16.2. The average molecular weight is 363 g/mol. The highest BCUT2D eigenvalue weighted by Crippen LogP contribution is 2.34. The summed E-state index contributed by atoms with van der Waals surface area (Å²) in [5, 5.41) is 5.90. The minimum absolute atomic E-state index is 0.103. The summed E-state index contributed by atoms with van der Waals surface area (Å²) >= 11 is 0. The molecule has 0 aromatic heterocycles. The zero-order chi connectivity index (χ0) is 18.8. The molecule has 4 rings (SSSR count). The lowest BCUT2D eigenvalue weighted by Gasteiger charge is -2.24. The molecule has 1 unspecified atom stereocenters. The molecule has 1 fully saturated rings. The lowest BCUT2D eigenvalue weighted by Crippen LogP contribution is -2.33. The van der Waals surface area contributed by atoms with E-state index in [0.29, 0.717) is 11.3 Å². The van der Waals surface area contributed by atoms with Gasteiger partial charge in [0.25, 0.3) is 5.91 Å². The molecule has 0 radical (unpaired) electrons. The Hall–Kier alpha value is -2.66. The summed E-state index contributed by atoms with van der Waals surface area (Å²) in [5.74, 6) is -0.222. The molecule has 140 valence electrons. The summed E-state index contributed by atoms with van der Waals surface area (Å²) in [4.78, 5) is 27.1. The van der Waals surface area contributed by atoms with Crippen LogP contribution in [0.5, 0.6) is 0 Å². The number of para-hydroxylation sites is 1. The summed E-state index contributed by atoms with van der Waals surface area (Å²) in [6.45, 7) is 0.289. The molecule has 5 nitrogen and oxygen atoms in total. The van der Waals surface area contributed by atoms with Crippen LogP contribution in [0.1, 0.15) is 46.8 Å². The van der Waals surface area contributed by atoms with Crippen LogP contribution in [0.3, 0.4) is 0 Å². The number of benzene rings is 2. The van der Waals surface area contributed by atoms with E-state index in [1.807, 2.05) is 19.2 Å². The van der Waals surface area contributed by atoms with Crippen LogP contribution in [0.15, 0.2) is 48.5 Å². The predicted octanol–water partition coefficient (Wildman–Crippen LogP) is 3.14. The van der Waals surface area contributed by atoms with Gasteiger partial charge in [-0.2, -0.15) is 0 Å². The van der Waals surface area contributed by atoms with Gasteiger partial charge in [-0.3, -0.25) is 14.5 Å². The van der Waals surface area contributed by atoms with Gasteiger partial charge >= 0.3 is 0 Å². The van der Waals surface area contributed by atoms with E-state index in [4.69, 9.17) is 0 Å². The zero-order valence-electron chi connectivity index (χ0n) is 15.6. The first-order valence-electron chi connectivity index (χ1n) is 9.59. The number of fused-ring (bicyclic) bond motifs is 1. The lowest BCUT2D eigenvalue weighted by atomic mass is 10.1. The third-order valence-corrected chi connectivity index (χ3v) is 5.38. The SMILES string of the molecule is CN(CC(=O)Nc1ccccc1C(=O)NC1CC1)C1CCc2ccccc21. The van der Waals surface area contributed by atoms with Gasteiger partial charge in [0.2, 0.25) is 5.91 Å². The highest BCUT2D eigenvalue weighted by molar-refractivity contribution is 6.04. The summed E-state index contributed by atoms with van der Waals surface area (Å²) < 4.78 is 0. The Morgan fingerprint density at radius 1 is 1.04 bits per heavy atom. The lowest BCUT2D eigenvalue weighted by molar-refractivity contribution is -0.117. The molecule has 2 aromatic rings. The van der Waals surface area contributed by atoms with Gasteiger partial charge in [0.05, 0.1) is 17.8 Å². The Morgan fingerprint density at radius 3 is 2.59 bits per heavy atom. The Bertz CT molecular complexity index is 860. The van der Waals surface area contributed by atoms with Crippen LogP contribution in [-0.4, -0.2) is 36.3 Å². The van der Waals surface area contributed by atoms with Gasteiger partial charge in [-0.25, -0.2) is 0 Å². The topological polar surface area (TPSA) is 61.4 Å². The molecular formula is C22H25N3O2. The van der Waals surface area contributed by atoms with E-state index in [9.17, 15) is 9.59 Å². The number of carbonyl (C=O) groups excluding carboxylic acids is 2. The van der Waals surface area contributed by atoms with E-state index in [0.717, 1.165) is 25.7 Å². The fraction of sp³-hybridized carbons (Fsp3) is 0.364. The van der Waals surface area contributed by atoms with Crippen molar-refractivity contribution in [2.75, 3.05) is 18.9 Å². The number of nitrogens with zero attached hydrogens (tertiary/aromatic N) is 1. The highest BCUT2D eigenvalue weighted by atomic mass is 16.2. The van der Waals surface area contributed by atoms with Crippen LogP contribution in [0.2, 0.25) is 0 Å². The van der Waals surface area contributed by atoms with Crippen molar-refractivity contribution in [3.8, 4) is 0 Å². The predicted molar refractivity (Wildman–Crippen MR) is 106 cm³/mol. The van der Waals surface area contributed by atoms with Gasteiger partial charge in [0, 0.05) is 12.1 Å². The van der Waals surface area contributed by atoms with Crippen molar-refractivity contribution in [1.82, 2.24) is 10.2 Å². The number of nitrogens with one attached hydrogen (secondary N) is 2. The summed E-state index contributed by atoms with van der Waals surface area (Å²) in [5.41, 5.74) is 3.78. The van der Waals surface area contributed by atoms with Gasteiger partial charge < -0.3 is 10.6 Å². The molecule has 0 saturated heterocycles. The normalized spacial score (nSPS) is 18.2. The Labute approximate surface area is 159 Å². The molecule has 0 aliphatic heterocycles. The summed E-state index contributed by atoms with van der Waals surface area (Å²) in [7, 11) is 1.98. The van der Waals surface area contributed by atoms with Crippen molar-refractivity contribution in [3.63, 3.8) is 0 Å². The minimum Gasteiger partial charge on any atom is -0.349 e. The van der Waals surface area contributed by atoms with Crippen LogP contribution in [0.25, 0.3) is 0 Å². The minimum atomic E-state index is -0.119. The van der Waals surface area contributed by atoms with Crippen LogP contribution < -0.4 is 10.6 Å². The monoisotopic (exact) mass is 363 g/mol. The first-order valence-corrected chi connectivity index (χ1v) is 9.59. The van der Waals surface area contributed by atoms with Crippen LogP contribution >= 0.6 is 0 Å². The van der Waals surface area contributed by atoms with Crippen LogP contribution in [0.4, 0.5) is 5.69 Å². The largest absolute Gasteiger partial charge is 0.349 e. The molecule has 27 heavy (non-hydrogen) atoms. The van der Waals surface area contributed by atoms with Crippen molar-refractivity contribution < 1.29 is 9.59 Å². The number of amides is 2. The number of anilines is 1. The van der Waals surface area contributed by atoms with Crippen LogP contribution in [-0.2, 0) is 11.2 Å². The van der Waals surface area contributed by atoms with Gasteiger partial charge in [-0.15, -0.1) is 0 Å². The third-order valence-electron chi connectivity index (χ3n) is 5.38. The smallest absolute Gasteiger partial charge is 0.253 e. The van der Waals surface area contributed by atoms with E-state index in [-0.39, 0.29) is 30.4 Å². The molecule has 2 aliphatic carbocycles. The zero-order valence-corrected chi connectivity index (χ0v) is 15.6. The standard InChI is InChI=1S/C22H25N3O2/c1-25(20-13-10-15-6-2-3-7-17(15)20)14-21(26)24-19-9-5-4-8-18(19)22(27)23-16-11-12-16/h2-9,16,20H,10-14H2,1H3,(H,23,27)(H,24,26). The highest BCUT2D eigenvalue weighted by Gasteiger charge is 2.27. The number of likely N-dealkylation sites (N-methyl/N-ethyl adjacent to an activating group) is 1. The second-order valence-electron chi connectivity index (χ2n) is 7.51. The first kappa shape index (κ1) is 17.7. The summed E-state index contributed by atoms with van der Waals surface area (Å²) in [6.07, 6.45) is 4.16. The van der Waals surface area contributed by atoms with Gasteiger partial charge in [-0.05, 0) is 56.0 Å². The average Bonchev–Trinajstić information content (AvgIpc) is 3.36. The Balaban J connectivity index is 1.40. The second-order valence-corrected chi connectivity index (χ2v) is 7.51. The fourth-order valence-corrected chi connectivity index (χ4v) is 3.80. The van der Waals surface area contributed by atoms with E-state index < -0.39 is 0 Å². The Kier molecular flexibility index (Phi) is 4.94. The fourth-order valence-electron chi connectivity index (χ4n) is 3.80. The maximum atomic E-state index is 12.6. The van der Waals surface area contributed by atoms with Crippen molar-refractivity contribution >= 4 is 17.5 Å². The van der Waals surface area contributed by atoms with Crippen LogP contribution in [0, 0.1) is 0 Å². The first-order chi connectivity index (χ1) is 13.1. The molecule has 2 aromatic carbocycles. The van der Waals surface area contributed by atoms with Gasteiger partial charge in [0.1, 0.15) is 0 Å². The van der Waals surface area contributed by atoms with Gasteiger partial charge in [0.15, 0.2) is 0 Å². The molecule has 5 heteroatoms. The van der Waals surface area contributed by atoms with Crippen molar-refractivity contribution in [1.29, 1.82) is 0 Å². The van der Waals surface area contributed by atoms with E-state index in [2.05, 4.69) is 39.8 Å². The number of hydrogen-bond acceptors (Lipinski definition) is 3. The molecular weight excluding hydrogens is 338 g/mol. The van der Waals surface area contributed by atoms with E-state index in [1.165, 1.54) is 11.1 Å². The Morgan fingerprint density at radius 2 is 1.78 bits per heavy atom. The second kappa shape index (κ2) is 7.53. The van der Waals surface area contributed by atoms with E-state index in [1.54, 1.807) is 12.1 Å². The van der Waals surface area contributed by atoms with Gasteiger partial charge in [-0.1, -0.05) is 36.4 Å². The van der Waals surface area contributed by atoms with Crippen molar-refractivity contribution in [2.45, 2.75) is 37.8 Å². The molecule has 2 aliphatic rings. The maximum Gasteiger partial charge on any atom is 0.253 e. The van der Waals surface area contributed by atoms with Crippen molar-refractivity contribution in [2.24, 2.45) is 0 Å². The molecule has 2 N–H and O–H groups in total. The molecule has 1 saturated carbocycles. The third kappa shape index (κ3) is 4.03. The number of aryl methyl sites for hydroxylation is 1. The molecule has 2 amide bonds. The molecule has 0 spiro atoms. The maximum absolute atomic E-state index is 12.6. The molecule has 0 heterocycles. The number of hydrogen-bond donors (Lipinski definition) is 2. The van der Waals surface area contributed by atoms with Crippen molar-refractivity contribution in [3.05, 3.63) is 65.2 Å². The number of carbonyl (C=O) groups is 2. The number of rotatable bonds is 6. The molecule has 0 bridgehead atoms. The quantitative estimate of drug-likeness (QED) is 0.829.